The van der Waals surface area contributed by atoms with Crippen LogP contribution >= 0.6 is 0 Å². The topological polar surface area (TPSA) is 67.4 Å². The molecule has 2 amide bonds. The third-order valence-corrected chi connectivity index (χ3v) is 4.27. The molecule has 0 bridgehead atoms. The molecule has 0 aromatic heterocycles. The van der Waals surface area contributed by atoms with Gasteiger partial charge in [-0.2, -0.15) is 0 Å². The SMILES string of the molecule is CCCCCOc1ccccc1C(=O)Nc1ccc(CCC(=O)NC)cc1. The highest BCUT2D eigenvalue weighted by Crippen LogP contribution is 2.20. The van der Waals surface area contributed by atoms with Gasteiger partial charge in [-0.3, -0.25) is 9.59 Å². The maximum absolute atomic E-state index is 12.6. The van der Waals surface area contributed by atoms with Gasteiger partial charge < -0.3 is 15.4 Å². The molecule has 0 aliphatic rings. The van der Waals surface area contributed by atoms with Crippen LogP contribution in [0.5, 0.6) is 5.75 Å². The Hall–Kier alpha value is -2.82. The molecule has 0 spiro atoms. The summed E-state index contributed by atoms with van der Waals surface area (Å²) in [5.74, 6) is 0.426. The number of unbranched alkanes of at least 4 members (excludes halogenated alkanes) is 2. The Morgan fingerprint density at radius 2 is 1.74 bits per heavy atom. The normalized spacial score (nSPS) is 10.3. The largest absolute Gasteiger partial charge is 0.493 e. The maximum atomic E-state index is 12.6. The van der Waals surface area contributed by atoms with Gasteiger partial charge in [0.1, 0.15) is 5.75 Å². The minimum Gasteiger partial charge on any atom is -0.493 e. The van der Waals surface area contributed by atoms with Crippen LogP contribution in [0.1, 0.15) is 48.5 Å². The van der Waals surface area contributed by atoms with E-state index in [2.05, 4.69) is 17.6 Å². The number of nitrogens with one attached hydrogen (secondary N) is 2. The molecule has 0 unspecified atom stereocenters. The van der Waals surface area contributed by atoms with Gasteiger partial charge in [-0.25, -0.2) is 0 Å². The lowest BCUT2D eigenvalue weighted by Gasteiger charge is -2.12. The van der Waals surface area contributed by atoms with Crippen molar-refractivity contribution >= 4 is 17.5 Å². The van der Waals surface area contributed by atoms with Crippen molar-refractivity contribution in [3.63, 3.8) is 0 Å². The lowest BCUT2D eigenvalue weighted by atomic mass is 10.1. The van der Waals surface area contributed by atoms with Crippen molar-refractivity contribution in [1.29, 1.82) is 0 Å². The van der Waals surface area contributed by atoms with Gasteiger partial charge in [0, 0.05) is 19.2 Å². The third-order valence-electron chi connectivity index (χ3n) is 4.27. The van der Waals surface area contributed by atoms with E-state index in [0.717, 1.165) is 24.8 Å². The molecule has 0 saturated carbocycles. The number of aryl methyl sites for hydroxylation is 1. The van der Waals surface area contributed by atoms with E-state index in [1.807, 2.05) is 42.5 Å². The first-order valence-electron chi connectivity index (χ1n) is 9.46. The quantitative estimate of drug-likeness (QED) is 0.618. The zero-order chi connectivity index (χ0) is 19.5. The van der Waals surface area contributed by atoms with Gasteiger partial charge in [-0.15, -0.1) is 0 Å². The summed E-state index contributed by atoms with van der Waals surface area (Å²) in [6.07, 6.45) is 4.34. The van der Waals surface area contributed by atoms with Crippen LogP contribution < -0.4 is 15.4 Å². The number of benzene rings is 2. The molecular weight excluding hydrogens is 340 g/mol. The molecule has 2 rings (SSSR count). The number of hydrogen-bond acceptors (Lipinski definition) is 3. The number of para-hydroxylation sites is 1. The van der Waals surface area contributed by atoms with Crippen LogP contribution in [0, 0.1) is 0 Å². The first kappa shape index (κ1) is 20.5. The monoisotopic (exact) mass is 368 g/mol. The Kier molecular flexibility index (Phi) is 8.36. The molecule has 0 radical (unpaired) electrons. The molecule has 0 saturated heterocycles. The zero-order valence-corrected chi connectivity index (χ0v) is 16.1. The van der Waals surface area contributed by atoms with E-state index in [1.54, 1.807) is 13.1 Å². The summed E-state index contributed by atoms with van der Waals surface area (Å²) in [6, 6.07) is 14.8. The van der Waals surface area contributed by atoms with Gasteiger partial charge in [0.05, 0.1) is 12.2 Å². The van der Waals surface area contributed by atoms with Gasteiger partial charge in [0.25, 0.3) is 5.91 Å². The summed E-state index contributed by atoms with van der Waals surface area (Å²) in [4.78, 5) is 23.9. The number of carbonyl (C=O) groups is 2. The third kappa shape index (κ3) is 6.77. The van der Waals surface area contributed by atoms with E-state index in [0.29, 0.717) is 36.4 Å². The number of amides is 2. The molecule has 2 aromatic carbocycles. The van der Waals surface area contributed by atoms with Crippen LogP contribution in [-0.2, 0) is 11.2 Å². The van der Waals surface area contributed by atoms with E-state index >= 15 is 0 Å². The highest BCUT2D eigenvalue weighted by Gasteiger charge is 2.12. The van der Waals surface area contributed by atoms with Crippen LogP contribution in [-0.4, -0.2) is 25.5 Å². The Labute approximate surface area is 161 Å². The second-order valence-electron chi connectivity index (χ2n) is 6.38. The first-order chi connectivity index (χ1) is 13.1. The van der Waals surface area contributed by atoms with Crippen molar-refractivity contribution in [3.8, 4) is 5.75 Å². The Morgan fingerprint density at radius 3 is 2.44 bits per heavy atom. The van der Waals surface area contributed by atoms with Crippen molar-refractivity contribution in [2.45, 2.75) is 39.0 Å². The van der Waals surface area contributed by atoms with Crippen molar-refractivity contribution in [2.75, 3.05) is 19.0 Å². The van der Waals surface area contributed by atoms with Crippen LogP contribution in [0.2, 0.25) is 0 Å². The molecule has 5 heteroatoms. The minimum absolute atomic E-state index is 0.0166. The summed E-state index contributed by atoms with van der Waals surface area (Å²) in [5.41, 5.74) is 2.29. The molecule has 5 nitrogen and oxygen atoms in total. The van der Waals surface area contributed by atoms with Crippen molar-refractivity contribution in [3.05, 3.63) is 59.7 Å². The number of carbonyl (C=O) groups excluding carboxylic acids is 2. The summed E-state index contributed by atoms with van der Waals surface area (Å²) < 4.78 is 5.78. The number of rotatable bonds is 10. The summed E-state index contributed by atoms with van der Waals surface area (Å²) in [7, 11) is 1.63. The predicted octanol–water partition coefficient (Wildman–Crippen LogP) is 4.19. The lowest BCUT2D eigenvalue weighted by Crippen LogP contribution is -2.17. The molecular formula is C22H28N2O3. The van der Waals surface area contributed by atoms with Gasteiger partial charge in [0.2, 0.25) is 5.91 Å². The number of hydrogen-bond donors (Lipinski definition) is 2. The van der Waals surface area contributed by atoms with Gasteiger partial charge in [-0.1, -0.05) is 44.0 Å². The molecule has 27 heavy (non-hydrogen) atoms. The fourth-order valence-electron chi connectivity index (χ4n) is 2.65. The van der Waals surface area contributed by atoms with Crippen LogP contribution in [0.4, 0.5) is 5.69 Å². The molecule has 2 N–H and O–H groups in total. The summed E-state index contributed by atoms with van der Waals surface area (Å²) in [6.45, 7) is 2.75. The van der Waals surface area contributed by atoms with Gasteiger partial charge in [-0.05, 0) is 42.7 Å². The van der Waals surface area contributed by atoms with Crippen molar-refractivity contribution in [2.24, 2.45) is 0 Å². The molecule has 2 aromatic rings. The molecule has 0 fully saturated rings. The molecule has 0 aliphatic heterocycles. The average Bonchev–Trinajstić information content (AvgIpc) is 2.70. The Balaban J connectivity index is 1.95. The average molecular weight is 368 g/mol. The number of ether oxygens (including phenoxy) is 1. The lowest BCUT2D eigenvalue weighted by molar-refractivity contribution is -0.120. The minimum atomic E-state index is -0.195. The van der Waals surface area contributed by atoms with Crippen molar-refractivity contribution < 1.29 is 14.3 Å². The summed E-state index contributed by atoms with van der Waals surface area (Å²) >= 11 is 0. The van der Waals surface area contributed by atoms with E-state index in [4.69, 9.17) is 4.74 Å². The fourth-order valence-corrected chi connectivity index (χ4v) is 2.65. The fraction of sp³-hybridized carbons (Fsp3) is 0.364. The highest BCUT2D eigenvalue weighted by molar-refractivity contribution is 6.06. The van der Waals surface area contributed by atoms with Crippen molar-refractivity contribution in [1.82, 2.24) is 5.32 Å². The second-order valence-corrected chi connectivity index (χ2v) is 6.38. The maximum Gasteiger partial charge on any atom is 0.259 e. The first-order valence-corrected chi connectivity index (χ1v) is 9.46. The Bertz CT molecular complexity index is 741. The predicted molar refractivity (Wildman–Crippen MR) is 108 cm³/mol. The standard InChI is InChI=1S/C22H28N2O3/c1-3-4-7-16-27-20-9-6-5-8-19(20)22(26)24-18-13-10-17(11-14-18)12-15-21(25)23-2/h5-6,8-11,13-14H,3-4,7,12,15-16H2,1-2H3,(H,23,25)(H,24,26). The van der Waals surface area contributed by atoms with E-state index in [1.165, 1.54) is 0 Å². The summed E-state index contributed by atoms with van der Waals surface area (Å²) in [5, 5.41) is 5.52. The van der Waals surface area contributed by atoms with E-state index < -0.39 is 0 Å². The Morgan fingerprint density at radius 1 is 1.00 bits per heavy atom. The highest BCUT2D eigenvalue weighted by atomic mass is 16.5. The molecule has 0 heterocycles. The van der Waals surface area contributed by atoms with Crippen LogP contribution in [0.25, 0.3) is 0 Å². The number of anilines is 1. The van der Waals surface area contributed by atoms with Crippen LogP contribution in [0.3, 0.4) is 0 Å². The van der Waals surface area contributed by atoms with Gasteiger partial charge >= 0.3 is 0 Å². The van der Waals surface area contributed by atoms with Crippen LogP contribution in [0.15, 0.2) is 48.5 Å². The zero-order valence-electron chi connectivity index (χ0n) is 16.1. The second kappa shape index (κ2) is 11.0. The van der Waals surface area contributed by atoms with E-state index in [-0.39, 0.29) is 11.8 Å². The smallest absolute Gasteiger partial charge is 0.259 e. The van der Waals surface area contributed by atoms with E-state index in [9.17, 15) is 9.59 Å². The van der Waals surface area contributed by atoms with Gasteiger partial charge in [0.15, 0.2) is 0 Å². The molecule has 0 atom stereocenters. The molecule has 144 valence electrons. The molecule has 0 aliphatic carbocycles.